The minimum atomic E-state index is -0.428. The first-order valence-corrected chi connectivity index (χ1v) is 7.24. The molecule has 1 aliphatic carbocycles. The van der Waals surface area contributed by atoms with E-state index in [1.54, 1.807) is 7.11 Å². The molecule has 4 heteroatoms. The van der Waals surface area contributed by atoms with Crippen molar-refractivity contribution >= 4 is 5.91 Å². The molecule has 1 aliphatic rings. The Kier molecular flexibility index (Phi) is 5.15. The number of hydrogen-bond donors (Lipinski definition) is 1. The van der Waals surface area contributed by atoms with E-state index in [9.17, 15) is 4.79 Å². The molecule has 110 valence electrons. The zero-order valence-corrected chi connectivity index (χ0v) is 12.3. The second-order valence-electron chi connectivity index (χ2n) is 5.44. The van der Waals surface area contributed by atoms with Crippen LogP contribution < -0.4 is 5.73 Å². The lowest BCUT2D eigenvalue weighted by Crippen LogP contribution is -2.43. The van der Waals surface area contributed by atoms with E-state index >= 15 is 0 Å². The van der Waals surface area contributed by atoms with Crippen LogP contribution in [0.5, 0.6) is 0 Å². The molecular formula is C16H24N2O2. The fourth-order valence-corrected chi connectivity index (χ4v) is 2.92. The number of benzene rings is 1. The Labute approximate surface area is 120 Å². The van der Waals surface area contributed by atoms with Gasteiger partial charge in [0.05, 0.1) is 12.1 Å². The normalized spacial score (nSPS) is 18.6. The molecule has 0 aliphatic heterocycles. The molecule has 0 saturated carbocycles. The predicted octanol–water partition coefficient (Wildman–Crippen LogP) is 1.89. The van der Waals surface area contributed by atoms with Gasteiger partial charge in [-0.1, -0.05) is 24.3 Å². The SMILES string of the molecule is COCCCC(N)C(=O)N(C)C1CCc2ccccc21. The van der Waals surface area contributed by atoms with Crippen LogP contribution in [-0.4, -0.2) is 37.6 Å². The molecule has 2 rings (SSSR count). The van der Waals surface area contributed by atoms with Crippen molar-refractivity contribution < 1.29 is 9.53 Å². The molecule has 0 spiro atoms. The summed E-state index contributed by atoms with van der Waals surface area (Å²) in [6.07, 6.45) is 3.52. The molecule has 0 bridgehead atoms. The van der Waals surface area contributed by atoms with E-state index in [0.717, 1.165) is 19.3 Å². The molecule has 2 unspecified atom stereocenters. The highest BCUT2D eigenvalue weighted by molar-refractivity contribution is 5.82. The number of nitrogens with zero attached hydrogens (tertiary/aromatic N) is 1. The summed E-state index contributed by atoms with van der Waals surface area (Å²) in [5.74, 6) is 0.0304. The molecule has 20 heavy (non-hydrogen) atoms. The van der Waals surface area contributed by atoms with E-state index in [1.807, 2.05) is 18.0 Å². The molecule has 1 aromatic rings. The van der Waals surface area contributed by atoms with E-state index in [-0.39, 0.29) is 11.9 Å². The van der Waals surface area contributed by atoms with Gasteiger partial charge >= 0.3 is 0 Å². The Bertz CT molecular complexity index is 462. The third kappa shape index (κ3) is 3.19. The van der Waals surface area contributed by atoms with Gasteiger partial charge in [0.1, 0.15) is 0 Å². The van der Waals surface area contributed by atoms with Crippen LogP contribution in [0.3, 0.4) is 0 Å². The summed E-state index contributed by atoms with van der Waals surface area (Å²) in [6.45, 7) is 0.650. The number of carbonyl (C=O) groups is 1. The van der Waals surface area contributed by atoms with Crippen molar-refractivity contribution in [3.05, 3.63) is 35.4 Å². The van der Waals surface area contributed by atoms with Gasteiger partial charge in [-0.05, 0) is 36.8 Å². The second-order valence-corrected chi connectivity index (χ2v) is 5.44. The summed E-state index contributed by atoms with van der Waals surface area (Å²) < 4.78 is 5.00. The number of carbonyl (C=O) groups excluding carboxylic acids is 1. The Morgan fingerprint density at radius 1 is 1.50 bits per heavy atom. The van der Waals surface area contributed by atoms with Gasteiger partial charge in [-0.15, -0.1) is 0 Å². The predicted molar refractivity (Wildman–Crippen MR) is 79.4 cm³/mol. The highest BCUT2D eigenvalue weighted by Gasteiger charge is 2.30. The standard InChI is InChI=1S/C16H24N2O2/c1-18(16(19)14(17)8-5-11-20-2)15-10-9-12-6-3-4-7-13(12)15/h3-4,6-7,14-15H,5,8-11,17H2,1-2H3. The van der Waals surface area contributed by atoms with Gasteiger partial charge in [0.2, 0.25) is 5.91 Å². The zero-order valence-electron chi connectivity index (χ0n) is 12.3. The number of methoxy groups -OCH3 is 1. The van der Waals surface area contributed by atoms with Crippen molar-refractivity contribution in [3.8, 4) is 0 Å². The lowest BCUT2D eigenvalue weighted by Gasteiger charge is -2.28. The first-order valence-electron chi connectivity index (χ1n) is 7.24. The molecule has 0 fully saturated rings. The number of likely N-dealkylation sites (N-methyl/N-ethyl adjacent to an activating group) is 1. The molecule has 2 N–H and O–H groups in total. The van der Waals surface area contributed by atoms with Gasteiger partial charge in [0, 0.05) is 20.8 Å². The van der Waals surface area contributed by atoms with Gasteiger partial charge in [-0.3, -0.25) is 4.79 Å². The first-order chi connectivity index (χ1) is 9.65. The van der Waals surface area contributed by atoms with Crippen molar-refractivity contribution in [2.75, 3.05) is 20.8 Å². The number of amides is 1. The quantitative estimate of drug-likeness (QED) is 0.807. The van der Waals surface area contributed by atoms with Crippen molar-refractivity contribution in [2.24, 2.45) is 5.73 Å². The largest absolute Gasteiger partial charge is 0.385 e. The van der Waals surface area contributed by atoms with Crippen molar-refractivity contribution in [1.82, 2.24) is 4.90 Å². The number of ether oxygens (including phenoxy) is 1. The first kappa shape index (κ1) is 15.0. The topological polar surface area (TPSA) is 55.6 Å². The van der Waals surface area contributed by atoms with Gasteiger partial charge < -0.3 is 15.4 Å². The summed E-state index contributed by atoms with van der Waals surface area (Å²) in [5, 5.41) is 0. The van der Waals surface area contributed by atoms with Crippen LogP contribution in [0.15, 0.2) is 24.3 Å². The maximum atomic E-state index is 12.4. The third-order valence-corrected chi connectivity index (χ3v) is 4.10. The summed E-state index contributed by atoms with van der Waals surface area (Å²) >= 11 is 0. The molecule has 1 aromatic carbocycles. The number of hydrogen-bond acceptors (Lipinski definition) is 3. The van der Waals surface area contributed by atoms with Gasteiger partial charge in [-0.25, -0.2) is 0 Å². The molecule has 0 heterocycles. The van der Waals surface area contributed by atoms with Gasteiger partial charge in [0.15, 0.2) is 0 Å². The van der Waals surface area contributed by atoms with Crippen LogP contribution in [0.2, 0.25) is 0 Å². The van der Waals surface area contributed by atoms with Crippen LogP contribution >= 0.6 is 0 Å². The van der Waals surface area contributed by atoms with E-state index in [0.29, 0.717) is 13.0 Å². The Balaban J connectivity index is 1.98. The van der Waals surface area contributed by atoms with E-state index in [1.165, 1.54) is 11.1 Å². The molecule has 0 aromatic heterocycles. The van der Waals surface area contributed by atoms with Crippen LogP contribution in [0.25, 0.3) is 0 Å². The number of aryl methyl sites for hydroxylation is 1. The zero-order chi connectivity index (χ0) is 14.5. The molecular weight excluding hydrogens is 252 g/mol. The Hall–Kier alpha value is -1.39. The minimum absolute atomic E-state index is 0.0304. The fraction of sp³-hybridized carbons (Fsp3) is 0.562. The molecule has 0 radical (unpaired) electrons. The van der Waals surface area contributed by atoms with Crippen LogP contribution in [0, 0.1) is 0 Å². The second kappa shape index (κ2) is 6.86. The average molecular weight is 276 g/mol. The van der Waals surface area contributed by atoms with Gasteiger partial charge in [-0.2, -0.15) is 0 Å². The van der Waals surface area contributed by atoms with E-state index < -0.39 is 6.04 Å². The molecule has 0 saturated heterocycles. The Morgan fingerprint density at radius 3 is 3.00 bits per heavy atom. The summed E-state index contributed by atoms with van der Waals surface area (Å²) in [4.78, 5) is 14.2. The van der Waals surface area contributed by atoms with Crippen molar-refractivity contribution in [2.45, 2.75) is 37.8 Å². The smallest absolute Gasteiger partial charge is 0.239 e. The highest BCUT2D eigenvalue weighted by atomic mass is 16.5. The maximum absolute atomic E-state index is 12.4. The Morgan fingerprint density at radius 2 is 2.25 bits per heavy atom. The van der Waals surface area contributed by atoms with Gasteiger partial charge in [0.25, 0.3) is 0 Å². The van der Waals surface area contributed by atoms with Crippen LogP contribution in [0.1, 0.15) is 36.4 Å². The number of rotatable bonds is 6. The van der Waals surface area contributed by atoms with E-state index in [4.69, 9.17) is 10.5 Å². The third-order valence-electron chi connectivity index (χ3n) is 4.10. The molecule has 4 nitrogen and oxygen atoms in total. The monoisotopic (exact) mass is 276 g/mol. The molecule has 1 amide bonds. The number of fused-ring (bicyclic) bond motifs is 1. The van der Waals surface area contributed by atoms with Crippen molar-refractivity contribution in [1.29, 1.82) is 0 Å². The summed E-state index contributed by atoms with van der Waals surface area (Å²) in [7, 11) is 3.53. The average Bonchev–Trinajstić information content (AvgIpc) is 2.89. The number of nitrogens with two attached hydrogens (primary N) is 1. The maximum Gasteiger partial charge on any atom is 0.239 e. The minimum Gasteiger partial charge on any atom is -0.385 e. The van der Waals surface area contributed by atoms with Crippen LogP contribution in [0.4, 0.5) is 0 Å². The molecule has 2 atom stereocenters. The summed E-state index contributed by atoms with van der Waals surface area (Å²) in [5.41, 5.74) is 8.62. The highest BCUT2D eigenvalue weighted by Crippen LogP contribution is 2.35. The van der Waals surface area contributed by atoms with Crippen molar-refractivity contribution in [3.63, 3.8) is 0 Å². The fourth-order valence-electron chi connectivity index (χ4n) is 2.92. The summed E-state index contributed by atoms with van der Waals surface area (Å²) in [6, 6.07) is 8.10. The lowest BCUT2D eigenvalue weighted by atomic mass is 10.1. The van der Waals surface area contributed by atoms with E-state index in [2.05, 4.69) is 18.2 Å². The van der Waals surface area contributed by atoms with Crippen LogP contribution in [-0.2, 0) is 16.0 Å². The lowest BCUT2D eigenvalue weighted by molar-refractivity contribution is -0.133.